The highest BCUT2D eigenvalue weighted by atomic mass is 16.4. The van der Waals surface area contributed by atoms with Crippen LogP contribution in [0.4, 0.5) is 5.69 Å². The summed E-state index contributed by atoms with van der Waals surface area (Å²) in [5, 5.41) is 8.64. The lowest BCUT2D eigenvalue weighted by atomic mass is 10.1. The smallest absolute Gasteiger partial charge is 0.323 e. The molecule has 1 rings (SSSR count). The van der Waals surface area contributed by atoms with E-state index in [0.717, 1.165) is 12.0 Å². The van der Waals surface area contributed by atoms with Gasteiger partial charge in [0, 0.05) is 5.69 Å². The summed E-state index contributed by atoms with van der Waals surface area (Å²) in [6, 6.07) is 7.28. The van der Waals surface area contributed by atoms with Crippen LogP contribution in [-0.2, 0) is 16.0 Å². The predicted molar refractivity (Wildman–Crippen MR) is 56.9 cm³/mol. The monoisotopic (exact) mass is 207 g/mol. The summed E-state index contributed by atoms with van der Waals surface area (Å²) in [6.45, 7) is 1.66. The van der Waals surface area contributed by atoms with Crippen LogP contribution in [0.25, 0.3) is 0 Å². The molecule has 0 fully saturated rings. The largest absolute Gasteiger partial charge is 0.480 e. The van der Waals surface area contributed by atoms with Gasteiger partial charge >= 0.3 is 5.97 Å². The summed E-state index contributed by atoms with van der Waals surface area (Å²) in [5.41, 5.74) is 1.63. The molecule has 0 spiro atoms. The van der Waals surface area contributed by atoms with E-state index in [4.69, 9.17) is 5.11 Å². The first-order valence-electron chi connectivity index (χ1n) is 4.70. The fourth-order valence-electron chi connectivity index (χ4n) is 1.41. The standard InChI is InChI=1S/C11H13NO3/c1-2-9-5-3-4-6-10(9)12(8-13)7-11(14)15/h3-6,8H,2,7H2,1H3,(H,14,15). The average molecular weight is 207 g/mol. The van der Waals surface area contributed by atoms with Crippen LogP contribution in [0.15, 0.2) is 24.3 Å². The maximum Gasteiger partial charge on any atom is 0.323 e. The summed E-state index contributed by atoms with van der Waals surface area (Å²) in [5.74, 6) is -1.02. The quantitative estimate of drug-likeness (QED) is 0.740. The van der Waals surface area contributed by atoms with Crippen LogP contribution in [0, 0.1) is 0 Å². The van der Waals surface area contributed by atoms with E-state index < -0.39 is 5.97 Å². The number of benzene rings is 1. The van der Waals surface area contributed by atoms with Crippen molar-refractivity contribution in [3.05, 3.63) is 29.8 Å². The molecule has 4 heteroatoms. The SMILES string of the molecule is CCc1ccccc1N(C=O)CC(=O)O. The van der Waals surface area contributed by atoms with E-state index in [1.807, 2.05) is 19.1 Å². The third-order valence-corrected chi connectivity index (χ3v) is 2.11. The number of para-hydroxylation sites is 1. The van der Waals surface area contributed by atoms with Crippen LogP contribution in [0.1, 0.15) is 12.5 Å². The van der Waals surface area contributed by atoms with Gasteiger partial charge in [-0.25, -0.2) is 0 Å². The van der Waals surface area contributed by atoms with Crippen molar-refractivity contribution >= 4 is 18.1 Å². The highest BCUT2D eigenvalue weighted by Gasteiger charge is 2.11. The zero-order valence-corrected chi connectivity index (χ0v) is 8.51. The lowest BCUT2D eigenvalue weighted by Gasteiger charge is -2.18. The Balaban J connectivity index is 3.00. The van der Waals surface area contributed by atoms with Crippen LogP contribution in [0.2, 0.25) is 0 Å². The third-order valence-electron chi connectivity index (χ3n) is 2.11. The predicted octanol–water partition coefficient (Wildman–Crippen LogP) is 1.30. The first kappa shape index (κ1) is 11.2. The van der Waals surface area contributed by atoms with E-state index in [1.54, 1.807) is 12.1 Å². The molecular formula is C11H13NO3. The number of carboxylic acid groups (broad SMARTS) is 1. The number of aliphatic carboxylic acids is 1. The Morgan fingerprint density at radius 2 is 2.13 bits per heavy atom. The number of carbonyl (C=O) groups excluding carboxylic acids is 1. The van der Waals surface area contributed by atoms with Crippen molar-refractivity contribution in [3.63, 3.8) is 0 Å². The molecular weight excluding hydrogens is 194 g/mol. The molecule has 15 heavy (non-hydrogen) atoms. The van der Waals surface area contributed by atoms with Gasteiger partial charge in [-0.1, -0.05) is 25.1 Å². The van der Waals surface area contributed by atoms with Gasteiger partial charge in [0.15, 0.2) is 0 Å². The van der Waals surface area contributed by atoms with Crippen LogP contribution < -0.4 is 4.90 Å². The van der Waals surface area contributed by atoms with Gasteiger partial charge in [-0.3, -0.25) is 9.59 Å². The second-order valence-corrected chi connectivity index (χ2v) is 3.11. The van der Waals surface area contributed by atoms with E-state index in [0.29, 0.717) is 12.1 Å². The van der Waals surface area contributed by atoms with Crippen LogP contribution >= 0.6 is 0 Å². The lowest BCUT2D eigenvalue weighted by molar-refractivity contribution is -0.136. The molecule has 0 radical (unpaired) electrons. The number of carbonyl (C=O) groups is 2. The number of carboxylic acids is 1. The summed E-state index contributed by atoms with van der Waals surface area (Å²) < 4.78 is 0. The Kier molecular flexibility index (Phi) is 3.85. The van der Waals surface area contributed by atoms with E-state index in [9.17, 15) is 9.59 Å². The normalized spacial score (nSPS) is 9.67. The van der Waals surface area contributed by atoms with Gasteiger partial charge in [0.05, 0.1) is 0 Å². The first-order chi connectivity index (χ1) is 7.19. The van der Waals surface area contributed by atoms with Gasteiger partial charge in [0.2, 0.25) is 6.41 Å². The molecule has 80 valence electrons. The number of hydrogen-bond donors (Lipinski definition) is 1. The van der Waals surface area contributed by atoms with Gasteiger partial charge in [-0.15, -0.1) is 0 Å². The van der Waals surface area contributed by atoms with E-state index in [2.05, 4.69) is 0 Å². The van der Waals surface area contributed by atoms with E-state index >= 15 is 0 Å². The highest BCUT2D eigenvalue weighted by Crippen LogP contribution is 2.19. The summed E-state index contributed by atoms with van der Waals surface area (Å²) >= 11 is 0. The molecule has 1 N–H and O–H groups in total. The molecule has 1 amide bonds. The topological polar surface area (TPSA) is 57.6 Å². The Morgan fingerprint density at radius 1 is 1.47 bits per heavy atom. The van der Waals surface area contributed by atoms with E-state index in [1.165, 1.54) is 4.90 Å². The van der Waals surface area contributed by atoms with Crippen LogP contribution in [-0.4, -0.2) is 24.0 Å². The molecule has 0 saturated carbocycles. The molecule has 4 nitrogen and oxygen atoms in total. The number of hydrogen-bond acceptors (Lipinski definition) is 2. The minimum atomic E-state index is -1.02. The molecule has 1 aromatic rings. The number of aryl methyl sites for hydroxylation is 1. The number of amides is 1. The fraction of sp³-hybridized carbons (Fsp3) is 0.273. The lowest BCUT2D eigenvalue weighted by Crippen LogP contribution is -2.28. The molecule has 0 aromatic heterocycles. The Labute approximate surface area is 88.1 Å². The molecule has 0 atom stereocenters. The second kappa shape index (κ2) is 5.14. The molecule has 0 aliphatic heterocycles. The molecule has 1 aromatic carbocycles. The van der Waals surface area contributed by atoms with Crippen molar-refractivity contribution in [2.24, 2.45) is 0 Å². The van der Waals surface area contributed by atoms with Gasteiger partial charge in [0.1, 0.15) is 6.54 Å². The molecule has 0 unspecified atom stereocenters. The summed E-state index contributed by atoms with van der Waals surface area (Å²) in [6.07, 6.45) is 1.31. The van der Waals surface area contributed by atoms with Gasteiger partial charge in [-0.2, -0.15) is 0 Å². The number of anilines is 1. The molecule has 0 aliphatic carbocycles. The number of nitrogens with zero attached hydrogens (tertiary/aromatic N) is 1. The van der Waals surface area contributed by atoms with Gasteiger partial charge in [-0.05, 0) is 18.1 Å². The summed E-state index contributed by atoms with van der Waals surface area (Å²) in [4.78, 5) is 22.5. The molecule has 0 saturated heterocycles. The zero-order valence-electron chi connectivity index (χ0n) is 8.51. The fourth-order valence-corrected chi connectivity index (χ4v) is 1.41. The van der Waals surface area contributed by atoms with Crippen LogP contribution in [0.3, 0.4) is 0 Å². The molecule has 0 aliphatic rings. The van der Waals surface area contributed by atoms with Crippen molar-refractivity contribution in [2.45, 2.75) is 13.3 Å². The Bertz CT molecular complexity index is 363. The first-order valence-corrected chi connectivity index (χ1v) is 4.70. The maximum atomic E-state index is 10.8. The van der Waals surface area contributed by atoms with Crippen molar-refractivity contribution in [3.8, 4) is 0 Å². The molecule has 0 heterocycles. The maximum absolute atomic E-state index is 10.8. The highest BCUT2D eigenvalue weighted by molar-refractivity contribution is 5.85. The minimum Gasteiger partial charge on any atom is -0.480 e. The van der Waals surface area contributed by atoms with Crippen molar-refractivity contribution in [1.29, 1.82) is 0 Å². The number of rotatable bonds is 5. The van der Waals surface area contributed by atoms with E-state index in [-0.39, 0.29) is 6.54 Å². The third kappa shape index (κ3) is 2.80. The Hall–Kier alpha value is -1.84. The minimum absolute atomic E-state index is 0.305. The second-order valence-electron chi connectivity index (χ2n) is 3.11. The van der Waals surface area contributed by atoms with Crippen LogP contribution in [0.5, 0.6) is 0 Å². The average Bonchev–Trinajstić information content (AvgIpc) is 2.25. The Morgan fingerprint density at radius 3 is 2.67 bits per heavy atom. The zero-order chi connectivity index (χ0) is 11.3. The summed E-state index contributed by atoms with van der Waals surface area (Å²) in [7, 11) is 0. The van der Waals surface area contributed by atoms with Crippen molar-refractivity contribution in [1.82, 2.24) is 0 Å². The van der Waals surface area contributed by atoms with Gasteiger partial charge < -0.3 is 10.0 Å². The van der Waals surface area contributed by atoms with Gasteiger partial charge in [0.25, 0.3) is 0 Å². The van der Waals surface area contributed by atoms with Crippen molar-refractivity contribution in [2.75, 3.05) is 11.4 Å². The van der Waals surface area contributed by atoms with Crippen molar-refractivity contribution < 1.29 is 14.7 Å². The molecule has 0 bridgehead atoms.